The first-order chi connectivity index (χ1) is 16.8. The van der Waals surface area contributed by atoms with E-state index in [9.17, 15) is 22.9 Å². The molecule has 35 heavy (non-hydrogen) atoms. The van der Waals surface area contributed by atoms with Crippen molar-refractivity contribution in [3.05, 3.63) is 0 Å². The minimum absolute atomic E-state index is 0.253. The average molecular weight is 520 g/mol. The fourth-order valence-corrected chi connectivity index (χ4v) is 5.33. The van der Waals surface area contributed by atoms with Crippen molar-refractivity contribution in [1.29, 1.82) is 0 Å². The summed E-state index contributed by atoms with van der Waals surface area (Å²) in [5.74, 6) is -0.897. The molecule has 0 spiro atoms. The van der Waals surface area contributed by atoms with Crippen molar-refractivity contribution in [2.24, 2.45) is 0 Å². The lowest BCUT2D eigenvalue weighted by molar-refractivity contribution is -0.122. The first-order valence-electron chi connectivity index (χ1n) is 14.7. The van der Waals surface area contributed by atoms with Crippen LogP contribution in [-0.4, -0.2) is 41.9 Å². The van der Waals surface area contributed by atoms with Crippen molar-refractivity contribution >= 4 is 16.0 Å². The van der Waals surface area contributed by atoms with Gasteiger partial charge in [0, 0.05) is 6.42 Å². The number of nitrogens with one attached hydrogen (secondary N) is 1. The number of hydrogen-bond acceptors (Lipinski definition) is 4. The normalized spacial score (nSPS) is 13.6. The van der Waals surface area contributed by atoms with Crippen LogP contribution in [0.3, 0.4) is 0 Å². The van der Waals surface area contributed by atoms with Crippen LogP contribution in [0.25, 0.3) is 0 Å². The molecule has 7 heteroatoms. The van der Waals surface area contributed by atoms with E-state index in [0.717, 1.165) is 38.5 Å². The molecule has 3 N–H and O–H groups in total. The van der Waals surface area contributed by atoms with Gasteiger partial charge in [0.05, 0.1) is 17.9 Å². The van der Waals surface area contributed by atoms with Gasteiger partial charge in [-0.15, -0.1) is 0 Å². The summed E-state index contributed by atoms with van der Waals surface area (Å²) in [5.41, 5.74) is 0. The van der Waals surface area contributed by atoms with Crippen molar-refractivity contribution in [1.82, 2.24) is 5.32 Å². The fraction of sp³-hybridized carbons (Fsp3) is 0.964. The summed E-state index contributed by atoms with van der Waals surface area (Å²) in [5, 5.41) is 13.2. The Labute approximate surface area is 217 Å². The summed E-state index contributed by atoms with van der Waals surface area (Å²) in [7, 11) is -4.28. The third kappa shape index (κ3) is 24.8. The molecule has 2 atom stereocenters. The summed E-state index contributed by atoms with van der Waals surface area (Å²) >= 11 is 0. The Morgan fingerprint density at radius 3 is 1.43 bits per heavy atom. The second-order valence-corrected chi connectivity index (χ2v) is 11.9. The van der Waals surface area contributed by atoms with Crippen LogP contribution in [0.5, 0.6) is 0 Å². The minimum atomic E-state index is -4.28. The molecule has 0 aliphatic carbocycles. The van der Waals surface area contributed by atoms with Crippen LogP contribution in [0.15, 0.2) is 0 Å². The van der Waals surface area contributed by atoms with Crippen molar-refractivity contribution in [3.63, 3.8) is 0 Å². The van der Waals surface area contributed by atoms with Crippen LogP contribution in [0.4, 0.5) is 0 Å². The third-order valence-electron chi connectivity index (χ3n) is 6.81. The van der Waals surface area contributed by atoms with E-state index in [-0.39, 0.29) is 5.91 Å². The molecule has 1 amide bonds. The highest BCUT2D eigenvalue weighted by molar-refractivity contribution is 7.85. The van der Waals surface area contributed by atoms with Crippen molar-refractivity contribution in [2.75, 3.05) is 5.75 Å². The maximum absolute atomic E-state index is 12.3. The van der Waals surface area contributed by atoms with Gasteiger partial charge in [-0.2, -0.15) is 8.42 Å². The smallest absolute Gasteiger partial charge is 0.266 e. The Morgan fingerprint density at radius 1 is 0.657 bits per heavy atom. The van der Waals surface area contributed by atoms with Crippen LogP contribution in [0.2, 0.25) is 0 Å². The molecule has 0 aromatic carbocycles. The van der Waals surface area contributed by atoms with Gasteiger partial charge in [-0.05, 0) is 12.8 Å². The van der Waals surface area contributed by atoms with E-state index >= 15 is 0 Å². The molecule has 0 rings (SSSR count). The van der Waals surface area contributed by atoms with Crippen molar-refractivity contribution in [2.45, 2.75) is 167 Å². The van der Waals surface area contributed by atoms with Gasteiger partial charge in [0.25, 0.3) is 10.1 Å². The lowest BCUT2D eigenvalue weighted by atomic mass is 10.0. The molecule has 2 unspecified atom stereocenters. The van der Waals surface area contributed by atoms with Crippen LogP contribution in [0.1, 0.15) is 155 Å². The van der Waals surface area contributed by atoms with Crippen LogP contribution < -0.4 is 5.32 Å². The van der Waals surface area contributed by atoms with E-state index in [1.165, 1.54) is 89.9 Å². The standard InChI is InChI=1S/C28H57NO5S/c1-3-5-7-9-11-12-13-14-15-16-18-19-21-23-27(30)26(25-35(32,33)34)29-28(31)24-22-20-17-10-8-6-4-2/h26-27,30H,3-25H2,1-2H3,(H,29,31)(H,32,33,34). The molecule has 0 heterocycles. The maximum Gasteiger partial charge on any atom is 0.266 e. The predicted octanol–water partition coefficient (Wildman–Crippen LogP) is 7.34. The van der Waals surface area contributed by atoms with E-state index in [4.69, 9.17) is 0 Å². The number of unbranched alkanes of at least 4 members (excludes halogenated alkanes) is 18. The Balaban J connectivity index is 3.99. The number of carbonyl (C=O) groups is 1. The second kappa shape index (κ2) is 23.7. The van der Waals surface area contributed by atoms with Gasteiger partial charge in [-0.1, -0.05) is 136 Å². The Kier molecular flexibility index (Phi) is 23.3. The highest BCUT2D eigenvalue weighted by Crippen LogP contribution is 2.15. The molecular formula is C28H57NO5S. The zero-order valence-electron chi connectivity index (χ0n) is 22.9. The zero-order valence-corrected chi connectivity index (χ0v) is 23.8. The molecular weight excluding hydrogens is 462 g/mol. The van der Waals surface area contributed by atoms with Crippen LogP contribution in [-0.2, 0) is 14.9 Å². The molecule has 0 bridgehead atoms. The van der Waals surface area contributed by atoms with Gasteiger partial charge in [0.2, 0.25) is 5.91 Å². The van der Waals surface area contributed by atoms with Crippen LogP contribution in [0, 0.1) is 0 Å². The van der Waals surface area contributed by atoms with Gasteiger partial charge in [-0.25, -0.2) is 0 Å². The predicted molar refractivity (Wildman–Crippen MR) is 147 cm³/mol. The molecule has 0 fully saturated rings. The third-order valence-corrected chi connectivity index (χ3v) is 7.59. The second-order valence-electron chi connectivity index (χ2n) is 10.4. The van der Waals surface area contributed by atoms with E-state index in [2.05, 4.69) is 19.2 Å². The average Bonchev–Trinajstić information content (AvgIpc) is 2.80. The van der Waals surface area contributed by atoms with Crippen molar-refractivity contribution in [3.8, 4) is 0 Å². The van der Waals surface area contributed by atoms with Gasteiger partial charge in [0.15, 0.2) is 0 Å². The first-order valence-corrected chi connectivity index (χ1v) is 16.3. The maximum atomic E-state index is 12.3. The summed E-state index contributed by atoms with van der Waals surface area (Å²) in [6.45, 7) is 4.43. The van der Waals surface area contributed by atoms with E-state index in [1.807, 2.05) is 0 Å². The minimum Gasteiger partial charge on any atom is -0.391 e. The van der Waals surface area contributed by atoms with E-state index < -0.39 is 28.0 Å². The molecule has 0 saturated carbocycles. The molecule has 0 aliphatic heterocycles. The molecule has 0 aromatic rings. The molecule has 0 saturated heterocycles. The van der Waals surface area contributed by atoms with E-state index in [1.54, 1.807) is 0 Å². The SMILES string of the molecule is CCCCCCCCCCCCCCCC(O)C(CS(=O)(=O)O)NC(=O)CCCCCCCCC. The van der Waals surface area contributed by atoms with Crippen LogP contribution >= 0.6 is 0 Å². The summed E-state index contributed by atoms with van der Waals surface area (Å²) in [6, 6.07) is -0.959. The summed E-state index contributed by atoms with van der Waals surface area (Å²) in [6.07, 6.45) is 23.5. The molecule has 210 valence electrons. The zero-order chi connectivity index (χ0) is 26.2. The lowest BCUT2D eigenvalue weighted by Gasteiger charge is -2.23. The Hall–Kier alpha value is -0.660. The molecule has 0 aromatic heterocycles. The molecule has 0 aliphatic rings. The highest BCUT2D eigenvalue weighted by atomic mass is 32.2. The first kappa shape index (κ1) is 34.3. The van der Waals surface area contributed by atoms with Gasteiger partial charge < -0.3 is 10.4 Å². The van der Waals surface area contributed by atoms with Gasteiger partial charge in [0.1, 0.15) is 0 Å². The number of amides is 1. The van der Waals surface area contributed by atoms with E-state index in [0.29, 0.717) is 12.8 Å². The number of aliphatic hydroxyl groups is 1. The highest BCUT2D eigenvalue weighted by Gasteiger charge is 2.26. The molecule has 0 radical (unpaired) electrons. The monoisotopic (exact) mass is 519 g/mol. The number of hydrogen-bond donors (Lipinski definition) is 3. The number of carbonyl (C=O) groups excluding carboxylic acids is 1. The fourth-order valence-electron chi connectivity index (χ4n) is 4.57. The Morgan fingerprint density at radius 2 is 1.03 bits per heavy atom. The topological polar surface area (TPSA) is 104 Å². The lowest BCUT2D eigenvalue weighted by Crippen LogP contribution is -2.47. The quantitative estimate of drug-likeness (QED) is 0.0819. The van der Waals surface area contributed by atoms with Gasteiger partial charge in [-0.3, -0.25) is 9.35 Å². The Bertz CT molecular complexity index is 582. The summed E-state index contributed by atoms with van der Waals surface area (Å²) in [4.78, 5) is 12.3. The largest absolute Gasteiger partial charge is 0.391 e. The van der Waals surface area contributed by atoms with Gasteiger partial charge >= 0.3 is 0 Å². The number of rotatable bonds is 26. The summed E-state index contributed by atoms with van der Waals surface area (Å²) < 4.78 is 32.1. The van der Waals surface area contributed by atoms with Crippen molar-refractivity contribution < 1.29 is 22.9 Å². The number of aliphatic hydroxyl groups excluding tert-OH is 1. The molecule has 6 nitrogen and oxygen atoms in total.